The second-order valence-electron chi connectivity index (χ2n) is 8.63. The zero-order valence-electron chi connectivity index (χ0n) is 18.5. The third-order valence-corrected chi connectivity index (χ3v) is 6.43. The maximum Gasteiger partial charge on any atom is 0.123 e. The molecule has 1 atom stereocenters. The highest BCUT2D eigenvalue weighted by Crippen LogP contribution is 2.33. The van der Waals surface area contributed by atoms with Gasteiger partial charge < -0.3 is 14.7 Å². The van der Waals surface area contributed by atoms with Crippen molar-refractivity contribution in [2.24, 2.45) is 0 Å². The van der Waals surface area contributed by atoms with Gasteiger partial charge in [0.1, 0.15) is 24.3 Å². The lowest BCUT2D eigenvalue weighted by atomic mass is 9.84. The van der Waals surface area contributed by atoms with Gasteiger partial charge in [0, 0.05) is 38.4 Å². The fourth-order valence-corrected chi connectivity index (χ4v) is 4.66. The summed E-state index contributed by atoms with van der Waals surface area (Å²) in [5, 5.41) is 10.4. The van der Waals surface area contributed by atoms with Crippen LogP contribution in [-0.4, -0.2) is 55.4 Å². The minimum absolute atomic E-state index is 0. The van der Waals surface area contributed by atoms with Crippen LogP contribution in [0.1, 0.15) is 43.6 Å². The second kappa shape index (κ2) is 13.2. The first-order valence-corrected chi connectivity index (χ1v) is 11.3. The van der Waals surface area contributed by atoms with E-state index >= 15 is 0 Å². The number of rotatable bonds is 7. The Morgan fingerprint density at radius 2 is 1.50 bits per heavy atom. The van der Waals surface area contributed by atoms with E-state index in [1.807, 2.05) is 24.3 Å². The smallest absolute Gasteiger partial charge is 0.123 e. The number of aliphatic hydroxyl groups is 1. The number of hydrogen-bond donors (Lipinski definition) is 1. The van der Waals surface area contributed by atoms with Crippen molar-refractivity contribution in [2.75, 3.05) is 44.2 Å². The second-order valence-corrected chi connectivity index (χ2v) is 8.63. The molecule has 2 aromatic carbocycles. The van der Waals surface area contributed by atoms with Crippen LogP contribution in [0.2, 0.25) is 0 Å². The van der Waals surface area contributed by atoms with Crippen molar-refractivity contribution in [3.8, 4) is 5.75 Å². The normalized spacial score (nSPS) is 18.4. The molecule has 0 bridgehead atoms. The van der Waals surface area contributed by atoms with Gasteiger partial charge in [-0.3, -0.25) is 4.90 Å². The van der Waals surface area contributed by atoms with Crippen LogP contribution in [0.4, 0.5) is 10.1 Å². The molecule has 32 heavy (non-hydrogen) atoms. The van der Waals surface area contributed by atoms with Gasteiger partial charge in [0.15, 0.2) is 0 Å². The van der Waals surface area contributed by atoms with Gasteiger partial charge in [-0.05, 0) is 60.7 Å². The molecule has 1 heterocycles. The number of ether oxygens (including phenoxy) is 1. The van der Waals surface area contributed by atoms with Crippen LogP contribution in [-0.2, 0) is 0 Å². The van der Waals surface area contributed by atoms with Gasteiger partial charge in [0.25, 0.3) is 0 Å². The van der Waals surface area contributed by atoms with Crippen molar-refractivity contribution in [1.82, 2.24) is 4.90 Å². The highest BCUT2D eigenvalue weighted by Gasteiger charge is 2.20. The minimum atomic E-state index is -0.514. The quantitative estimate of drug-likeness (QED) is 0.579. The Bertz CT molecular complexity index is 778. The Hall–Kier alpha value is -1.53. The standard InChI is InChI=1S/C25H33FN2O2.2ClH/c26-22-8-10-23(11-9-22)28-16-14-27(15-17-28)18-24(29)19-30-25-12-6-21(7-13-25)20-4-2-1-3-5-20;;/h6-13,20,24,29H,1-5,14-19H2;2*1H. The lowest BCUT2D eigenvalue weighted by Crippen LogP contribution is -2.49. The largest absolute Gasteiger partial charge is 0.491 e. The topological polar surface area (TPSA) is 35.9 Å². The van der Waals surface area contributed by atoms with Crippen LogP contribution >= 0.6 is 24.8 Å². The number of halogens is 3. The average Bonchev–Trinajstić information content (AvgIpc) is 2.80. The molecule has 178 valence electrons. The lowest BCUT2D eigenvalue weighted by molar-refractivity contribution is 0.0663. The van der Waals surface area contributed by atoms with Gasteiger partial charge in [-0.15, -0.1) is 24.8 Å². The zero-order chi connectivity index (χ0) is 20.8. The molecule has 0 amide bonds. The maximum absolute atomic E-state index is 13.1. The average molecular weight is 485 g/mol. The van der Waals surface area contributed by atoms with Gasteiger partial charge in [-0.1, -0.05) is 31.4 Å². The Balaban J connectivity index is 0.00000181. The molecule has 2 aliphatic rings. The van der Waals surface area contributed by atoms with Gasteiger partial charge in [0.05, 0.1) is 0 Å². The molecule has 1 saturated carbocycles. The van der Waals surface area contributed by atoms with Crippen molar-refractivity contribution in [2.45, 2.75) is 44.1 Å². The summed E-state index contributed by atoms with van der Waals surface area (Å²) in [5.41, 5.74) is 2.47. The first kappa shape index (κ1) is 26.7. The molecule has 1 N–H and O–H groups in total. The Morgan fingerprint density at radius 3 is 2.12 bits per heavy atom. The molecule has 0 spiro atoms. The molecular formula is C25H35Cl2FN2O2. The molecule has 2 aromatic rings. The van der Waals surface area contributed by atoms with Crippen LogP contribution < -0.4 is 9.64 Å². The van der Waals surface area contributed by atoms with Gasteiger partial charge in [-0.25, -0.2) is 4.39 Å². The van der Waals surface area contributed by atoms with E-state index in [0.29, 0.717) is 19.1 Å². The molecule has 7 heteroatoms. The summed E-state index contributed by atoms with van der Waals surface area (Å²) in [7, 11) is 0. The fraction of sp³-hybridized carbons (Fsp3) is 0.520. The van der Waals surface area contributed by atoms with Crippen LogP contribution in [0.5, 0.6) is 5.75 Å². The van der Waals surface area contributed by atoms with Crippen molar-refractivity contribution < 1.29 is 14.2 Å². The molecule has 2 fully saturated rings. The van der Waals surface area contributed by atoms with Crippen LogP contribution in [0, 0.1) is 5.82 Å². The van der Waals surface area contributed by atoms with Crippen molar-refractivity contribution >= 4 is 30.5 Å². The highest BCUT2D eigenvalue weighted by molar-refractivity contribution is 5.85. The first-order valence-electron chi connectivity index (χ1n) is 11.3. The summed E-state index contributed by atoms with van der Waals surface area (Å²) < 4.78 is 18.9. The molecule has 4 rings (SSSR count). The van der Waals surface area contributed by atoms with E-state index in [-0.39, 0.29) is 30.6 Å². The molecule has 1 aliphatic heterocycles. The minimum Gasteiger partial charge on any atom is -0.491 e. The number of aliphatic hydroxyl groups excluding tert-OH is 1. The predicted molar refractivity (Wildman–Crippen MR) is 133 cm³/mol. The van der Waals surface area contributed by atoms with Crippen molar-refractivity contribution in [3.63, 3.8) is 0 Å². The Kier molecular flexibility index (Phi) is 11.1. The number of nitrogens with zero attached hydrogens (tertiary/aromatic N) is 2. The van der Waals surface area contributed by atoms with E-state index in [9.17, 15) is 9.50 Å². The number of benzene rings is 2. The number of anilines is 1. The molecule has 1 unspecified atom stereocenters. The van der Waals surface area contributed by atoms with Gasteiger partial charge in [0.2, 0.25) is 0 Å². The summed E-state index contributed by atoms with van der Waals surface area (Å²) >= 11 is 0. The predicted octanol–water partition coefficient (Wildman–Crippen LogP) is 5.28. The molecule has 1 saturated heterocycles. The summed E-state index contributed by atoms with van der Waals surface area (Å²) in [6.07, 6.45) is 6.14. The number of piperazine rings is 1. The van der Waals surface area contributed by atoms with Crippen LogP contribution in [0.15, 0.2) is 48.5 Å². The van der Waals surface area contributed by atoms with Crippen LogP contribution in [0.3, 0.4) is 0 Å². The van der Waals surface area contributed by atoms with E-state index in [2.05, 4.69) is 21.9 Å². The van der Waals surface area contributed by atoms with Crippen LogP contribution in [0.25, 0.3) is 0 Å². The van der Waals surface area contributed by atoms with Gasteiger partial charge >= 0.3 is 0 Å². The van der Waals surface area contributed by atoms with Gasteiger partial charge in [-0.2, -0.15) is 0 Å². The third kappa shape index (κ3) is 7.51. The summed E-state index contributed by atoms with van der Waals surface area (Å²) in [6.45, 7) is 4.43. The van der Waals surface area contributed by atoms with E-state index in [0.717, 1.165) is 37.6 Å². The summed E-state index contributed by atoms with van der Waals surface area (Å²) in [4.78, 5) is 4.52. The monoisotopic (exact) mass is 484 g/mol. The molecule has 0 radical (unpaired) electrons. The van der Waals surface area contributed by atoms with Crippen molar-refractivity contribution in [3.05, 3.63) is 59.9 Å². The SMILES string of the molecule is Cl.Cl.OC(COc1ccc(C2CCCCC2)cc1)CN1CCN(c2ccc(F)cc2)CC1. The fourth-order valence-electron chi connectivity index (χ4n) is 4.66. The maximum atomic E-state index is 13.1. The Morgan fingerprint density at radius 1 is 0.875 bits per heavy atom. The molecule has 1 aliphatic carbocycles. The first-order chi connectivity index (χ1) is 14.7. The van der Waals surface area contributed by atoms with E-state index in [1.165, 1.54) is 49.8 Å². The van der Waals surface area contributed by atoms with E-state index in [4.69, 9.17) is 4.74 Å². The highest BCUT2D eigenvalue weighted by atomic mass is 35.5. The molecule has 0 aromatic heterocycles. The molecule has 4 nitrogen and oxygen atoms in total. The summed E-state index contributed by atoms with van der Waals surface area (Å²) in [5.74, 6) is 1.32. The Labute approximate surface area is 203 Å². The summed E-state index contributed by atoms with van der Waals surface area (Å²) in [6, 6.07) is 15.1. The molecular weight excluding hydrogens is 450 g/mol. The number of β-amino-alcohol motifs (C(OH)–C–C–N with tert-alkyl or cyclic N) is 1. The lowest BCUT2D eigenvalue weighted by Gasteiger charge is -2.36. The number of hydrogen-bond acceptors (Lipinski definition) is 4. The van der Waals surface area contributed by atoms with Crippen molar-refractivity contribution in [1.29, 1.82) is 0 Å². The third-order valence-electron chi connectivity index (χ3n) is 6.43. The van der Waals surface area contributed by atoms with E-state index in [1.54, 1.807) is 0 Å². The zero-order valence-corrected chi connectivity index (χ0v) is 20.1. The van der Waals surface area contributed by atoms with E-state index < -0.39 is 6.10 Å².